The molecule has 0 atom stereocenters. The highest BCUT2D eigenvalue weighted by Gasteiger charge is 2.24. The summed E-state index contributed by atoms with van der Waals surface area (Å²) in [5.41, 5.74) is 13.4. The number of aromatic nitrogens is 4. The highest BCUT2D eigenvalue weighted by atomic mass is 32.1. The Morgan fingerprint density at radius 2 is 0.930 bits per heavy atom. The van der Waals surface area contributed by atoms with E-state index in [0.29, 0.717) is 5.95 Å². The largest absolute Gasteiger partial charge is 0.308 e. The van der Waals surface area contributed by atoms with Crippen LogP contribution < -0.4 is 0 Å². The zero-order valence-corrected chi connectivity index (χ0v) is 31.5. The molecule has 266 valence electrons. The fraction of sp³-hybridized carbons (Fsp3) is 0. The number of benzene rings is 8. The van der Waals surface area contributed by atoms with E-state index in [4.69, 9.17) is 9.97 Å². The first-order chi connectivity index (χ1) is 28.3. The molecule has 0 saturated heterocycles. The first kappa shape index (κ1) is 32.0. The molecule has 4 nitrogen and oxygen atoms in total. The van der Waals surface area contributed by atoms with E-state index < -0.39 is 0 Å². The van der Waals surface area contributed by atoms with Crippen LogP contribution in [0.3, 0.4) is 0 Å². The second-order valence-corrected chi connectivity index (χ2v) is 15.6. The van der Waals surface area contributed by atoms with Crippen LogP contribution in [0.5, 0.6) is 0 Å². The maximum absolute atomic E-state index is 5.48. The fourth-order valence-electron chi connectivity index (χ4n) is 8.75. The van der Waals surface area contributed by atoms with Crippen LogP contribution in [0, 0.1) is 0 Å². The van der Waals surface area contributed by atoms with Crippen LogP contribution in [0.2, 0.25) is 0 Å². The average Bonchev–Trinajstić information content (AvgIpc) is 3.94. The van der Waals surface area contributed by atoms with Crippen LogP contribution >= 0.6 is 11.3 Å². The molecule has 0 aliphatic heterocycles. The van der Waals surface area contributed by atoms with Gasteiger partial charge < -0.3 is 4.57 Å². The average molecular weight is 745 g/mol. The molecule has 0 fully saturated rings. The highest BCUT2D eigenvalue weighted by Crippen LogP contribution is 2.47. The minimum absolute atomic E-state index is 0.657. The lowest BCUT2D eigenvalue weighted by Crippen LogP contribution is -2.03. The maximum Gasteiger partial charge on any atom is 0.235 e. The first-order valence-corrected chi connectivity index (χ1v) is 20.1. The van der Waals surface area contributed by atoms with Crippen molar-refractivity contribution in [1.29, 1.82) is 0 Å². The third-order valence-electron chi connectivity index (χ3n) is 11.3. The number of nitrogens with zero attached hydrogens (tertiary/aromatic N) is 4. The van der Waals surface area contributed by atoms with Gasteiger partial charge in [0, 0.05) is 38.2 Å². The second-order valence-electron chi connectivity index (χ2n) is 14.6. The fourth-order valence-corrected chi connectivity index (χ4v) is 10.1. The smallest absolute Gasteiger partial charge is 0.235 e. The van der Waals surface area contributed by atoms with Gasteiger partial charge in [-0.3, -0.25) is 4.57 Å². The zero-order chi connectivity index (χ0) is 37.5. The molecule has 57 heavy (non-hydrogen) atoms. The zero-order valence-electron chi connectivity index (χ0n) is 30.7. The number of rotatable bonds is 5. The Morgan fingerprint density at radius 3 is 1.74 bits per heavy atom. The summed E-state index contributed by atoms with van der Waals surface area (Å²) in [5, 5.41) is 5.84. The van der Waals surface area contributed by atoms with Gasteiger partial charge in [-0.2, -0.15) is 0 Å². The third kappa shape index (κ3) is 4.93. The van der Waals surface area contributed by atoms with Crippen LogP contribution in [0.1, 0.15) is 0 Å². The Kier molecular flexibility index (Phi) is 7.06. The van der Waals surface area contributed by atoms with Crippen molar-refractivity contribution in [3.63, 3.8) is 0 Å². The van der Waals surface area contributed by atoms with E-state index in [0.717, 1.165) is 50.0 Å². The molecule has 0 unspecified atom stereocenters. The summed E-state index contributed by atoms with van der Waals surface area (Å²) in [6.07, 6.45) is 0. The number of para-hydroxylation sites is 3. The first-order valence-electron chi connectivity index (χ1n) is 19.3. The van der Waals surface area contributed by atoms with Crippen LogP contribution in [0.15, 0.2) is 194 Å². The van der Waals surface area contributed by atoms with Gasteiger partial charge in [0.25, 0.3) is 0 Å². The molecule has 0 saturated carbocycles. The van der Waals surface area contributed by atoms with E-state index in [2.05, 4.69) is 203 Å². The topological polar surface area (TPSA) is 35.6 Å². The molecular weight excluding hydrogens is 713 g/mol. The summed E-state index contributed by atoms with van der Waals surface area (Å²) in [6.45, 7) is 0. The van der Waals surface area contributed by atoms with Crippen LogP contribution in [-0.4, -0.2) is 19.1 Å². The Bertz CT molecular complexity index is 3510. The lowest BCUT2D eigenvalue weighted by atomic mass is 9.98. The van der Waals surface area contributed by atoms with Crippen LogP contribution in [0.25, 0.3) is 109 Å². The minimum Gasteiger partial charge on any atom is -0.308 e. The Hall–Kier alpha value is -7.34. The quantitative estimate of drug-likeness (QED) is 0.176. The Morgan fingerprint density at radius 1 is 0.351 bits per heavy atom. The molecule has 4 aromatic heterocycles. The van der Waals surface area contributed by atoms with Crippen molar-refractivity contribution in [2.75, 3.05) is 0 Å². The number of hydrogen-bond acceptors (Lipinski definition) is 3. The predicted octanol–water partition coefficient (Wildman–Crippen LogP) is 14.0. The van der Waals surface area contributed by atoms with E-state index in [1.54, 1.807) is 0 Å². The molecule has 0 N–H and O–H groups in total. The normalized spacial score (nSPS) is 11.9. The molecule has 0 amide bonds. The standard InChI is InChI=1S/C52H32N4S/c1-4-15-33(16-5-1)35-19-14-20-36(31-35)37-27-28-39-40-29-30-43-49-50(42-24-11-13-26-45(42)55(49)38-21-8-3-9-22-38)57-51(43)48(40)56(46(39)32-37)52-53-44-25-12-10-23-41(44)47(54-52)34-17-6-2-7-18-34/h1-32H. The molecule has 12 aromatic rings. The van der Waals surface area contributed by atoms with Crippen molar-refractivity contribution in [1.82, 2.24) is 19.1 Å². The van der Waals surface area contributed by atoms with E-state index in [1.165, 1.54) is 53.1 Å². The van der Waals surface area contributed by atoms with Gasteiger partial charge in [-0.15, -0.1) is 11.3 Å². The van der Waals surface area contributed by atoms with Crippen molar-refractivity contribution in [2.24, 2.45) is 0 Å². The molecule has 12 rings (SSSR count). The van der Waals surface area contributed by atoms with Gasteiger partial charge in [0.2, 0.25) is 5.95 Å². The Labute approximate surface area is 332 Å². The van der Waals surface area contributed by atoms with Gasteiger partial charge in [0.15, 0.2) is 0 Å². The lowest BCUT2D eigenvalue weighted by molar-refractivity contribution is 1.02. The second kappa shape index (κ2) is 12.6. The molecule has 0 aliphatic rings. The van der Waals surface area contributed by atoms with Gasteiger partial charge >= 0.3 is 0 Å². The summed E-state index contributed by atoms with van der Waals surface area (Å²) in [6, 6.07) is 69.3. The van der Waals surface area contributed by atoms with Crippen molar-refractivity contribution in [3.05, 3.63) is 194 Å². The van der Waals surface area contributed by atoms with Crippen LogP contribution in [0.4, 0.5) is 0 Å². The minimum atomic E-state index is 0.657. The monoisotopic (exact) mass is 744 g/mol. The van der Waals surface area contributed by atoms with Crippen molar-refractivity contribution in [3.8, 4) is 45.1 Å². The van der Waals surface area contributed by atoms with Crippen molar-refractivity contribution >= 4 is 75.3 Å². The molecule has 0 spiro atoms. The van der Waals surface area contributed by atoms with E-state index >= 15 is 0 Å². The summed E-state index contributed by atoms with van der Waals surface area (Å²) in [7, 11) is 0. The van der Waals surface area contributed by atoms with E-state index in [-0.39, 0.29) is 0 Å². The van der Waals surface area contributed by atoms with E-state index in [9.17, 15) is 0 Å². The van der Waals surface area contributed by atoms with Crippen molar-refractivity contribution < 1.29 is 0 Å². The van der Waals surface area contributed by atoms with Gasteiger partial charge in [-0.1, -0.05) is 158 Å². The number of thiophene rings is 1. The van der Waals surface area contributed by atoms with E-state index in [1.807, 2.05) is 11.3 Å². The highest BCUT2D eigenvalue weighted by molar-refractivity contribution is 7.27. The number of fused-ring (bicyclic) bond motifs is 10. The summed E-state index contributed by atoms with van der Waals surface area (Å²) in [4.78, 5) is 10.9. The van der Waals surface area contributed by atoms with Gasteiger partial charge in [-0.05, 0) is 58.7 Å². The molecule has 4 heterocycles. The Balaban J connectivity index is 1.21. The molecular formula is C52H32N4S. The molecule has 0 aliphatic carbocycles. The predicted molar refractivity (Wildman–Crippen MR) is 240 cm³/mol. The lowest BCUT2D eigenvalue weighted by Gasteiger charge is -2.13. The van der Waals surface area contributed by atoms with Crippen LogP contribution in [-0.2, 0) is 0 Å². The summed E-state index contributed by atoms with van der Waals surface area (Å²) in [5.74, 6) is 0.657. The maximum atomic E-state index is 5.48. The third-order valence-corrected chi connectivity index (χ3v) is 12.6. The van der Waals surface area contributed by atoms with Crippen molar-refractivity contribution in [2.45, 2.75) is 0 Å². The van der Waals surface area contributed by atoms with Gasteiger partial charge in [-0.25, -0.2) is 9.97 Å². The molecule has 5 heteroatoms. The molecule has 8 aromatic carbocycles. The number of hydrogen-bond donors (Lipinski definition) is 0. The van der Waals surface area contributed by atoms with Gasteiger partial charge in [0.05, 0.1) is 42.7 Å². The SMILES string of the molecule is c1ccc(-c2cccc(-c3ccc4c5ccc6c(sc7c8ccccc8n(-c8ccccc8)c67)c5n(-c5nc(-c6ccccc6)c6ccccc6n5)c4c3)c2)cc1. The van der Waals surface area contributed by atoms with Gasteiger partial charge in [0.1, 0.15) is 0 Å². The summed E-state index contributed by atoms with van der Waals surface area (Å²) < 4.78 is 7.26. The molecule has 0 radical (unpaired) electrons. The summed E-state index contributed by atoms with van der Waals surface area (Å²) >= 11 is 1.87. The molecule has 0 bridgehead atoms.